The number of nitrogens with two attached hydrogens (primary N) is 1. The van der Waals surface area contributed by atoms with Crippen molar-refractivity contribution in [3.63, 3.8) is 0 Å². The lowest BCUT2D eigenvalue weighted by Crippen LogP contribution is -2.35. The number of hydrogen-bond acceptors (Lipinski definition) is 4. The zero-order chi connectivity index (χ0) is 18.0. The van der Waals surface area contributed by atoms with E-state index >= 15 is 0 Å². The minimum atomic E-state index is -2.97. The van der Waals surface area contributed by atoms with E-state index in [9.17, 15) is 13.6 Å². The van der Waals surface area contributed by atoms with Gasteiger partial charge in [0, 0.05) is 23.5 Å². The summed E-state index contributed by atoms with van der Waals surface area (Å²) in [4.78, 5) is 14.6. The summed E-state index contributed by atoms with van der Waals surface area (Å²) in [7, 11) is 1.33. The maximum absolute atomic E-state index is 12.9. The van der Waals surface area contributed by atoms with Crippen molar-refractivity contribution < 1.29 is 23.0 Å². The molecule has 1 aliphatic heterocycles. The standard InChI is InChI=1S/C18H18F2N2O3/c1-24-16-10-11(7-8-15(16)25-18(19)20)17(23)22-9-3-4-12-13(21)5-2-6-14(12)22/h2,5-8,10,18H,3-4,9,21H2,1H3. The molecule has 0 spiro atoms. The molecule has 132 valence electrons. The Morgan fingerprint density at radius 3 is 2.76 bits per heavy atom. The number of amides is 1. The summed E-state index contributed by atoms with van der Waals surface area (Å²) in [6.45, 7) is -2.40. The molecular formula is C18H18F2N2O3. The molecule has 0 unspecified atom stereocenters. The predicted octanol–water partition coefficient (Wildman–Crippen LogP) is 3.47. The summed E-state index contributed by atoms with van der Waals surface area (Å²) >= 11 is 0. The van der Waals surface area contributed by atoms with Crippen molar-refractivity contribution in [3.8, 4) is 11.5 Å². The summed E-state index contributed by atoms with van der Waals surface area (Å²) in [6.07, 6.45) is 1.62. The molecule has 1 amide bonds. The minimum Gasteiger partial charge on any atom is -0.493 e. The predicted molar refractivity (Wildman–Crippen MR) is 90.5 cm³/mol. The number of ether oxygens (including phenoxy) is 2. The molecule has 0 aromatic heterocycles. The maximum Gasteiger partial charge on any atom is 0.387 e. The van der Waals surface area contributed by atoms with Crippen molar-refractivity contribution in [1.29, 1.82) is 0 Å². The van der Waals surface area contributed by atoms with E-state index in [1.54, 1.807) is 11.0 Å². The van der Waals surface area contributed by atoms with Crippen LogP contribution >= 0.6 is 0 Å². The molecule has 0 bridgehead atoms. The Bertz CT molecular complexity index is 796. The molecule has 7 heteroatoms. The topological polar surface area (TPSA) is 64.8 Å². The van der Waals surface area contributed by atoms with Crippen molar-refractivity contribution >= 4 is 17.3 Å². The summed E-state index contributed by atoms with van der Waals surface area (Å²) in [5, 5.41) is 0. The van der Waals surface area contributed by atoms with E-state index in [4.69, 9.17) is 10.5 Å². The number of anilines is 2. The van der Waals surface area contributed by atoms with E-state index in [0.29, 0.717) is 17.8 Å². The maximum atomic E-state index is 12.9. The van der Waals surface area contributed by atoms with Crippen molar-refractivity contribution in [2.75, 3.05) is 24.3 Å². The average Bonchev–Trinajstić information content (AvgIpc) is 2.61. The van der Waals surface area contributed by atoms with E-state index in [0.717, 1.165) is 24.1 Å². The van der Waals surface area contributed by atoms with Crippen LogP contribution in [0.4, 0.5) is 20.2 Å². The Hall–Kier alpha value is -2.83. The van der Waals surface area contributed by atoms with Crippen LogP contribution in [-0.2, 0) is 6.42 Å². The Labute approximate surface area is 143 Å². The number of carbonyl (C=O) groups excluding carboxylic acids is 1. The van der Waals surface area contributed by atoms with Crippen LogP contribution < -0.4 is 20.1 Å². The molecule has 0 saturated heterocycles. The lowest BCUT2D eigenvalue weighted by molar-refractivity contribution is -0.0512. The Morgan fingerprint density at radius 2 is 2.04 bits per heavy atom. The number of alkyl halides is 2. The SMILES string of the molecule is COc1cc(C(=O)N2CCCc3c(N)cccc32)ccc1OC(F)F. The quantitative estimate of drug-likeness (QED) is 0.860. The number of carbonyl (C=O) groups is 1. The molecule has 0 fully saturated rings. The van der Waals surface area contributed by atoms with Crippen molar-refractivity contribution in [3.05, 3.63) is 47.5 Å². The highest BCUT2D eigenvalue weighted by Gasteiger charge is 2.25. The van der Waals surface area contributed by atoms with Crippen molar-refractivity contribution in [2.45, 2.75) is 19.5 Å². The van der Waals surface area contributed by atoms with Gasteiger partial charge in [-0.25, -0.2) is 0 Å². The normalized spacial score (nSPS) is 13.5. The van der Waals surface area contributed by atoms with Gasteiger partial charge in [0.1, 0.15) is 0 Å². The third-order valence-electron chi connectivity index (χ3n) is 4.16. The molecule has 2 aromatic rings. The third kappa shape index (κ3) is 3.35. The number of benzene rings is 2. The molecule has 2 aromatic carbocycles. The molecule has 1 heterocycles. The highest BCUT2D eigenvalue weighted by atomic mass is 19.3. The van der Waals surface area contributed by atoms with Crippen LogP contribution in [-0.4, -0.2) is 26.2 Å². The monoisotopic (exact) mass is 348 g/mol. The molecule has 0 radical (unpaired) electrons. The lowest BCUT2D eigenvalue weighted by atomic mass is 9.99. The van der Waals surface area contributed by atoms with E-state index in [-0.39, 0.29) is 17.4 Å². The minimum absolute atomic E-state index is 0.0796. The summed E-state index contributed by atoms with van der Waals surface area (Å²) in [5.74, 6) is -0.276. The van der Waals surface area contributed by atoms with Gasteiger partial charge in [-0.3, -0.25) is 4.79 Å². The second-order valence-electron chi connectivity index (χ2n) is 5.65. The Balaban J connectivity index is 1.93. The van der Waals surface area contributed by atoms with Gasteiger partial charge in [-0.2, -0.15) is 8.78 Å². The largest absolute Gasteiger partial charge is 0.493 e. The zero-order valence-corrected chi connectivity index (χ0v) is 13.7. The van der Waals surface area contributed by atoms with Crippen LogP contribution in [0.25, 0.3) is 0 Å². The van der Waals surface area contributed by atoms with Gasteiger partial charge in [0.25, 0.3) is 5.91 Å². The third-order valence-corrected chi connectivity index (χ3v) is 4.16. The van der Waals surface area contributed by atoms with Gasteiger partial charge in [-0.15, -0.1) is 0 Å². The molecular weight excluding hydrogens is 330 g/mol. The summed E-state index contributed by atoms with van der Waals surface area (Å²) in [5.41, 5.74) is 8.73. The van der Waals surface area contributed by atoms with Crippen LogP contribution in [0.3, 0.4) is 0 Å². The van der Waals surface area contributed by atoms with Crippen LogP contribution in [0.15, 0.2) is 36.4 Å². The first-order chi connectivity index (χ1) is 12.0. The number of halogens is 2. The Morgan fingerprint density at radius 1 is 1.24 bits per heavy atom. The highest BCUT2D eigenvalue weighted by molar-refractivity contribution is 6.07. The number of fused-ring (bicyclic) bond motifs is 1. The molecule has 3 rings (SSSR count). The second kappa shape index (κ2) is 6.96. The van der Waals surface area contributed by atoms with Gasteiger partial charge in [-0.05, 0) is 48.7 Å². The molecule has 2 N–H and O–H groups in total. The second-order valence-corrected chi connectivity index (χ2v) is 5.65. The van der Waals surface area contributed by atoms with Gasteiger partial charge in [0.05, 0.1) is 7.11 Å². The average molecular weight is 348 g/mol. The number of nitrogen functional groups attached to an aromatic ring is 1. The molecule has 0 aliphatic carbocycles. The van der Waals surface area contributed by atoms with Crippen LogP contribution in [0.5, 0.6) is 11.5 Å². The smallest absolute Gasteiger partial charge is 0.387 e. The first kappa shape index (κ1) is 17.0. The molecule has 5 nitrogen and oxygen atoms in total. The number of methoxy groups -OCH3 is 1. The fourth-order valence-corrected chi connectivity index (χ4v) is 3.01. The van der Waals surface area contributed by atoms with Gasteiger partial charge >= 0.3 is 6.61 Å². The lowest BCUT2D eigenvalue weighted by Gasteiger charge is -2.30. The van der Waals surface area contributed by atoms with Crippen LogP contribution in [0.1, 0.15) is 22.3 Å². The summed E-state index contributed by atoms with van der Waals surface area (Å²) in [6, 6.07) is 9.63. The van der Waals surface area contributed by atoms with Gasteiger partial charge in [-0.1, -0.05) is 6.07 Å². The molecule has 0 saturated carbocycles. The molecule has 1 aliphatic rings. The fourth-order valence-electron chi connectivity index (χ4n) is 3.01. The summed E-state index contributed by atoms with van der Waals surface area (Å²) < 4.78 is 34.3. The van der Waals surface area contributed by atoms with E-state index in [1.165, 1.54) is 25.3 Å². The van der Waals surface area contributed by atoms with E-state index in [2.05, 4.69) is 4.74 Å². The number of rotatable bonds is 4. The van der Waals surface area contributed by atoms with Crippen molar-refractivity contribution in [1.82, 2.24) is 0 Å². The van der Waals surface area contributed by atoms with Crippen molar-refractivity contribution in [2.24, 2.45) is 0 Å². The van der Waals surface area contributed by atoms with E-state index < -0.39 is 6.61 Å². The van der Waals surface area contributed by atoms with Crippen LogP contribution in [0.2, 0.25) is 0 Å². The van der Waals surface area contributed by atoms with Gasteiger partial charge in [0.2, 0.25) is 0 Å². The molecule has 25 heavy (non-hydrogen) atoms. The number of hydrogen-bond donors (Lipinski definition) is 1. The first-order valence-corrected chi connectivity index (χ1v) is 7.83. The zero-order valence-electron chi connectivity index (χ0n) is 13.7. The Kier molecular flexibility index (Phi) is 4.74. The van der Waals surface area contributed by atoms with E-state index in [1.807, 2.05) is 12.1 Å². The van der Waals surface area contributed by atoms with Gasteiger partial charge in [0.15, 0.2) is 11.5 Å². The first-order valence-electron chi connectivity index (χ1n) is 7.83. The fraction of sp³-hybridized carbons (Fsp3) is 0.278. The molecule has 0 atom stereocenters. The van der Waals surface area contributed by atoms with Gasteiger partial charge < -0.3 is 20.1 Å². The number of nitrogens with zero attached hydrogens (tertiary/aromatic N) is 1. The highest BCUT2D eigenvalue weighted by Crippen LogP contribution is 2.34. The van der Waals surface area contributed by atoms with Crippen LogP contribution in [0, 0.1) is 0 Å².